The van der Waals surface area contributed by atoms with E-state index in [1.165, 1.54) is 7.11 Å². The van der Waals surface area contributed by atoms with Gasteiger partial charge in [0, 0.05) is 5.56 Å². The van der Waals surface area contributed by atoms with Gasteiger partial charge in [0.25, 0.3) is 0 Å². The Balaban J connectivity index is 2.04. The van der Waals surface area contributed by atoms with Gasteiger partial charge in [0.1, 0.15) is 11.8 Å². The molecule has 0 saturated carbocycles. The fourth-order valence-corrected chi connectivity index (χ4v) is 2.27. The van der Waals surface area contributed by atoms with E-state index in [0.717, 1.165) is 0 Å². The molecule has 2 aromatic carbocycles. The lowest BCUT2D eigenvalue weighted by Crippen LogP contribution is -2.29. The topological polar surface area (TPSA) is 82.3 Å². The fraction of sp³-hybridized carbons (Fsp3) is 0.222. The Kier molecular flexibility index (Phi) is 5.73. The van der Waals surface area contributed by atoms with Crippen LogP contribution >= 0.6 is 0 Å². The first kappa shape index (κ1) is 16.5. The van der Waals surface area contributed by atoms with Gasteiger partial charge in [-0.2, -0.15) is 5.26 Å². The molecule has 2 rings (SSSR count). The van der Waals surface area contributed by atoms with E-state index < -0.39 is 18.1 Å². The summed E-state index contributed by atoms with van der Waals surface area (Å²) in [4.78, 5) is 12.1. The van der Waals surface area contributed by atoms with Gasteiger partial charge in [-0.25, -0.2) is 0 Å². The highest BCUT2D eigenvalue weighted by molar-refractivity contribution is 5.77. The monoisotopic (exact) mass is 310 g/mol. The second-order valence-corrected chi connectivity index (χ2v) is 5.00. The lowest BCUT2D eigenvalue weighted by Gasteiger charge is -2.16. The van der Waals surface area contributed by atoms with E-state index in [0.29, 0.717) is 16.9 Å². The van der Waals surface area contributed by atoms with Crippen LogP contribution in [0.3, 0.4) is 0 Å². The number of aliphatic hydroxyl groups excluding tert-OH is 1. The van der Waals surface area contributed by atoms with Gasteiger partial charge in [0.15, 0.2) is 0 Å². The number of amides is 1. The van der Waals surface area contributed by atoms with E-state index in [4.69, 9.17) is 4.74 Å². The van der Waals surface area contributed by atoms with E-state index >= 15 is 0 Å². The van der Waals surface area contributed by atoms with E-state index in [-0.39, 0.29) is 6.42 Å². The summed E-state index contributed by atoms with van der Waals surface area (Å²) >= 11 is 0. The minimum Gasteiger partial charge on any atom is -0.496 e. The van der Waals surface area contributed by atoms with E-state index in [9.17, 15) is 15.2 Å². The zero-order chi connectivity index (χ0) is 16.7. The lowest BCUT2D eigenvalue weighted by molar-refractivity contribution is -0.123. The third-order valence-electron chi connectivity index (χ3n) is 3.45. The van der Waals surface area contributed by atoms with Crippen LogP contribution in [0.1, 0.15) is 29.7 Å². The van der Waals surface area contributed by atoms with Gasteiger partial charge in [-0.1, -0.05) is 48.5 Å². The van der Waals surface area contributed by atoms with E-state index in [1.807, 2.05) is 12.1 Å². The van der Waals surface area contributed by atoms with Crippen molar-refractivity contribution >= 4 is 5.91 Å². The molecular formula is C18H18N2O3. The first-order chi connectivity index (χ1) is 11.2. The highest BCUT2D eigenvalue weighted by Crippen LogP contribution is 2.25. The lowest BCUT2D eigenvalue weighted by atomic mass is 10.0. The highest BCUT2D eigenvalue weighted by atomic mass is 16.5. The summed E-state index contributed by atoms with van der Waals surface area (Å²) in [5, 5.41) is 22.0. The van der Waals surface area contributed by atoms with Gasteiger partial charge in [0.2, 0.25) is 5.91 Å². The van der Waals surface area contributed by atoms with Gasteiger partial charge < -0.3 is 15.2 Å². The molecule has 2 atom stereocenters. The van der Waals surface area contributed by atoms with Crippen molar-refractivity contribution < 1.29 is 14.6 Å². The van der Waals surface area contributed by atoms with Crippen molar-refractivity contribution in [2.24, 2.45) is 0 Å². The molecule has 0 aromatic heterocycles. The Hall–Kier alpha value is -2.84. The molecule has 1 amide bonds. The van der Waals surface area contributed by atoms with Crippen LogP contribution in [0, 0.1) is 11.3 Å². The van der Waals surface area contributed by atoms with Crippen LogP contribution in [0.4, 0.5) is 0 Å². The zero-order valence-corrected chi connectivity index (χ0v) is 12.8. The zero-order valence-electron chi connectivity index (χ0n) is 12.8. The van der Waals surface area contributed by atoms with Gasteiger partial charge in [-0.05, 0) is 11.6 Å². The molecule has 0 aliphatic heterocycles. The minimum atomic E-state index is -0.909. The molecule has 2 aromatic rings. The number of nitrogens with zero attached hydrogens (tertiary/aromatic N) is 1. The highest BCUT2D eigenvalue weighted by Gasteiger charge is 2.20. The molecule has 0 spiro atoms. The Morgan fingerprint density at radius 2 is 1.87 bits per heavy atom. The van der Waals surface area contributed by atoms with E-state index in [1.54, 1.807) is 48.5 Å². The standard InChI is InChI=1S/C18H18N2O3/c1-23-17-10-6-5-9-14(17)15(12-19)20-18(22)11-16(21)13-7-3-2-4-8-13/h2-10,15-16,21H,11H2,1H3,(H,20,22). The number of aliphatic hydroxyl groups is 1. The predicted molar refractivity (Wildman–Crippen MR) is 85.5 cm³/mol. The number of methoxy groups -OCH3 is 1. The van der Waals surface area contributed by atoms with Gasteiger partial charge in [0.05, 0.1) is 25.7 Å². The van der Waals surface area contributed by atoms with Crippen LogP contribution in [-0.2, 0) is 4.79 Å². The summed E-state index contributed by atoms with van der Waals surface area (Å²) in [6.07, 6.45) is -1.02. The summed E-state index contributed by atoms with van der Waals surface area (Å²) in [6.45, 7) is 0. The number of ether oxygens (including phenoxy) is 1. The van der Waals surface area contributed by atoms with Crippen molar-refractivity contribution in [2.45, 2.75) is 18.6 Å². The SMILES string of the molecule is COc1ccccc1C(C#N)NC(=O)CC(O)c1ccccc1. The van der Waals surface area contributed by atoms with Gasteiger partial charge in [-0.15, -0.1) is 0 Å². The van der Waals surface area contributed by atoms with Crippen LogP contribution in [-0.4, -0.2) is 18.1 Å². The Labute approximate surface area is 135 Å². The molecule has 5 nitrogen and oxygen atoms in total. The number of hydrogen-bond acceptors (Lipinski definition) is 4. The normalized spacial score (nSPS) is 12.7. The molecule has 0 bridgehead atoms. The van der Waals surface area contributed by atoms with Crippen molar-refractivity contribution in [2.75, 3.05) is 7.11 Å². The summed E-state index contributed by atoms with van der Waals surface area (Å²) in [7, 11) is 1.51. The molecule has 0 heterocycles. The number of para-hydroxylation sites is 1. The molecule has 2 unspecified atom stereocenters. The second-order valence-electron chi connectivity index (χ2n) is 5.00. The molecule has 0 radical (unpaired) electrons. The Bertz CT molecular complexity index is 695. The third-order valence-corrected chi connectivity index (χ3v) is 3.45. The van der Waals surface area contributed by atoms with Crippen molar-refractivity contribution in [1.29, 1.82) is 5.26 Å². The maximum atomic E-state index is 12.1. The summed E-state index contributed by atoms with van der Waals surface area (Å²) < 4.78 is 5.21. The van der Waals surface area contributed by atoms with Crippen molar-refractivity contribution in [1.82, 2.24) is 5.32 Å². The first-order valence-corrected chi connectivity index (χ1v) is 7.20. The Morgan fingerprint density at radius 3 is 2.52 bits per heavy atom. The Morgan fingerprint density at radius 1 is 1.22 bits per heavy atom. The second kappa shape index (κ2) is 7.97. The summed E-state index contributed by atoms with van der Waals surface area (Å²) in [5.74, 6) is 0.127. The van der Waals surface area contributed by atoms with Gasteiger partial charge >= 0.3 is 0 Å². The van der Waals surface area contributed by atoms with Crippen LogP contribution in [0.5, 0.6) is 5.75 Å². The molecule has 2 N–H and O–H groups in total. The van der Waals surface area contributed by atoms with Crippen molar-refractivity contribution in [3.05, 3.63) is 65.7 Å². The number of hydrogen-bond donors (Lipinski definition) is 2. The molecule has 118 valence electrons. The number of rotatable bonds is 6. The summed E-state index contributed by atoms with van der Waals surface area (Å²) in [6, 6.07) is 17.1. The third kappa shape index (κ3) is 4.31. The molecule has 0 aliphatic carbocycles. The fourth-order valence-electron chi connectivity index (χ4n) is 2.27. The maximum absolute atomic E-state index is 12.1. The van der Waals surface area contributed by atoms with Crippen molar-refractivity contribution in [3.63, 3.8) is 0 Å². The maximum Gasteiger partial charge on any atom is 0.224 e. The minimum absolute atomic E-state index is 0.114. The van der Waals surface area contributed by atoms with Crippen LogP contribution in [0.25, 0.3) is 0 Å². The predicted octanol–water partition coefficient (Wildman–Crippen LogP) is 2.50. The smallest absolute Gasteiger partial charge is 0.224 e. The van der Waals surface area contributed by atoms with Crippen LogP contribution < -0.4 is 10.1 Å². The molecule has 5 heteroatoms. The molecule has 23 heavy (non-hydrogen) atoms. The quantitative estimate of drug-likeness (QED) is 0.859. The first-order valence-electron chi connectivity index (χ1n) is 7.20. The number of carbonyl (C=O) groups excluding carboxylic acids is 1. The van der Waals surface area contributed by atoms with Crippen LogP contribution in [0.2, 0.25) is 0 Å². The number of carbonyl (C=O) groups is 1. The molecule has 0 fully saturated rings. The number of benzene rings is 2. The van der Waals surface area contributed by atoms with E-state index in [2.05, 4.69) is 5.32 Å². The summed E-state index contributed by atoms with van der Waals surface area (Å²) in [5.41, 5.74) is 1.24. The average molecular weight is 310 g/mol. The molecular weight excluding hydrogens is 292 g/mol. The molecule has 0 aliphatic rings. The van der Waals surface area contributed by atoms with Gasteiger partial charge in [-0.3, -0.25) is 4.79 Å². The van der Waals surface area contributed by atoms with Crippen LogP contribution in [0.15, 0.2) is 54.6 Å². The largest absolute Gasteiger partial charge is 0.496 e. The van der Waals surface area contributed by atoms with Crippen molar-refractivity contribution in [3.8, 4) is 11.8 Å². The number of nitrogens with one attached hydrogen (secondary N) is 1. The number of nitriles is 1. The average Bonchev–Trinajstić information content (AvgIpc) is 2.60. The molecule has 0 saturated heterocycles.